The van der Waals surface area contributed by atoms with Gasteiger partial charge in [-0.2, -0.15) is 4.83 Å². The van der Waals surface area contributed by atoms with E-state index in [1.807, 2.05) is 18.3 Å². The standard InChI is InChI=1S/C18H26N4O3S/c1-13(12-20-21-26(23)24)14-6-9-22(10-7-14)18-5-8-19-17-11-15(25-2)3-4-16(17)18/h3-5,8,11,13-14,20-21H,6-7,9-10,12H2,1-2H3,(H,23,24). The first-order valence-corrected chi connectivity index (χ1v) is 9.96. The van der Waals surface area contributed by atoms with Crippen molar-refractivity contribution in [1.82, 2.24) is 15.2 Å². The highest BCUT2D eigenvalue weighted by Gasteiger charge is 2.24. The van der Waals surface area contributed by atoms with Gasteiger partial charge >= 0.3 is 0 Å². The number of fused-ring (bicyclic) bond motifs is 1. The molecule has 0 radical (unpaired) electrons. The lowest BCUT2D eigenvalue weighted by Gasteiger charge is -2.36. The number of methoxy groups -OCH3 is 1. The minimum absolute atomic E-state index is 0.437. The van der Waals surface area contributed by atoms with Gasteiger partial charge in [-0.25, -0.2) is 9.63 Å². The first-order chi connectivity index (χ1) is 12.6. The molecule has 0 amide bonds. The zero-order valence-corrected chi connectivity index (χ0v) is 16.0. The summed E-state index contributed by atoms with van der Waals surface area (Å²) in [6, 6.07) is 8.11. The van der Waals surface area contributed by atoms with Gasteiger partial charge in [0.25, 0.3) is 0 Å². The quantitative estimate of drug-likeness (QED) is 0.506. The predicted molar refractivity (Wildman–Crippen MR) is 104 cm³/mol. The second-order valence-corrected chi connectivity index (χ2v) is 7.45. The molecule has 26 heavy (non-hydrogen) atoms. The van der Waals surface area contributed by atoms with Gasteiger partial charge in [0.1, 0.15) is 5.75 Å². The number of pyridine rings is 1. The number of anilines is 1. The maximum Gasteiger partial charge on any atom is 0.245 e. The summed E-state index contributed by atoms with van der Waals surface area (Å²) in [4.78, 5) is 9.22. The number of hydrogen-bond donors (Lipinski definition) is 3. The van der Waals surface area contributed by atoms with E-state index in [9.17, 15) is 4.21 Å². The molecule has 7 nitrogen and oxygen atoms in total. The fourth-order valence-electron chi connectivity index (χ4n) is 3.66. The normalized spacial score (nSPS) is 18.0. The van der Waals surface area contributed by atoms with Crippen molar-refractivity contribution in [2.45, 2.75) is 19.8 Å². The van der Waals surface area contributed by atoms with Gasteiger partial charge in [0.2, 0.25) is 11.3 Å². The minimum atomic E-state index is -2.02. The molecule has 0 aliphatic carbocycles. The Kier molecular flexibility index (Phi) is 6.42. The van der Waals surface area contributed by atoms with Gasteiger partial charge in [-0.3, -0.25) is 9.54 Å². The van der Waals surface area contributed by atoms with Crippen LogP contribution in [-0.4, -0.2) is 40.5 Å². The highest BCUT2D eigenvalue weighted by molar-refractivity contribution is 7.77. The first kappa shape index (κ1) is 19.0. The van der Waals surface area contributed by atoms with Gasteiger partial charge in [0, 0.05) is 43.0 Å². The summed E-state index contributed by atoms with van der Waals surface area (Å²) in [5, 5.41) is 1.15. The van der Waals surface area contributed by atoms with E-state index in [-0.39, 0.29) is 0 Å². The molecular weight excluding hydrogens is 352 g/mol. The molecule has 3 N–H and O–H groups in total. The van der Waals surface area contributed by atoms with E-state index in [0.29, 0.717) is 18.4 Å². The van der Waals surface area contributed by atoms with Crippen molar-refractivity contribution < 1.29 is 13.5 Å². The van der Waals surface area contributed by atoms with Gasteiger partial charge in [-0.1, -0.05) is 6.92 Å². The summed E-state index contributed by atoms with van der Waals surface area (Å²) in [5.41, 5.74) is 5.00. The van der Waals surface area contributed by atoms with E-state index in [2.05, 4.69) is 39.2 Å². The van der Waals surface area contributed by atoms with E-state index in [4.69, 9.17) is 9.29 Å². The summed E-state index contributed by atoms with van der Waals surface area (Å²) >= 11 is -2.02. The maximum atomic E-state index is 10.6. The SMILES string of the molecule is COc1ccc2c(N3CCC(C(C)CNNS(=O)O)CC3)ccnc2c1. The highest BCUT2D eigenvalue weighted by Crippen LogP contribution is 2.32. The topological polar surface area (TPSA) is 86.7 Å². The zero-order valence-electron chi connectivity index (χ0n) is 15.1. The van der Waals surface area contributed by atoms with Crippen LogP contribution in [-0.2, 0) is 11.3 Å². The molecular formula is C18H26N4O3S. The molecule has 0 bridgehead atoms. The van der Waals surface area contributed by atoms with Crippen LogP contribution in [0.15, 0.2) is 30.5 Å². The molecule has 1 aromatic heterocycles. The second-order valence-electron chi connectivity index (χ2n) is 6.75. The molecule has 1 aromatic carbocycles. The minimum Gasteiger partial charge on any atom is -0.497 e. The Morgan fingerprint density at radius 2 is 2.15 bits per heavy atom. The summed E-state index contributed by atoms with van der Waals surface area (Å²) in [6.07, 6.45) is 4.06. The average Bonchev–Trinajstić information content (AvgIpc) is 2.66. The van der Waals surface area contributed by atoms with E-state index in [0.717, 1.165) is 42.6 Å². The van der Waals surface area contributed by atoms with Crippen molar-refractivity contribution in [3.05, 3.63) is 30.5 Å². The number of rotatable bonds is 7. The maximum absolute atomic E-state index is 10.6. The van der Waals surface area contributed by atoms with E-state index in [1.54, 1.807) is 7.11 Å². The number of aromatic nitrogens is 1. The fourth-order valence-corrected chi connectivity index (χ4v) is 3.86. The smallest absolute Gasteiger partial charge is 0.245 e. The van der Waals surface area contributed by atoms with Crippen molar-refractivity contribution in [1.29, 1.82) is 0 Å². The van der Waals surface area contributed by atoms with Crippen LogP contribution in [0.3, 0.4) is 0 Å². The van der Waals surface area contributed by atoms with Crippen LogP contribution in [0.1, 0.15) is 19.8 Å². The van der Waals surface area contributed by atoms with Gasteiger partial charge < -0.3 is 9.64 Å². The fraction of sp³-hybridized carbons (Fsp3) is 0.500. The summed E-state index contributed by atoms with van der Waals surface area (Å²) in [7, 11) is 1.67. The van der Waals surface area contributed by atoms with Crippen LogP contribution in [0.5, 0.6) is 5.75 Å². The summed E-state index contributed by atoms with van der Waals surface area (Å²) in [6.45, 7) is 4.86. The van der Waals surface area contributed by atoms with Crippen LogP contribution in [0.4, 0.5) is 5.69 Å². The molecule has 0 saturated carbocycles. The lowest BCUT2D eigenvalue weighted by Crippen LogP contribution is -2.41. The number of ether oxygens (including phenoxy) is 1. The van der Waals surface area contributed by atoms with Crippen LogP contribution in [0.25, 0.3) is 10.9 Å². The molecule has 1 fully saturated rings. The average molecular weight is 378 g/mol. The van der Waals surface area contributed by atoms with Crippen LogP contribution >= 0.6 is 0 Å². The number of hydrogen-bond acceptors (Lipinski definition) is 5. The van der Waals surface area contributed by atoms with E-state index >= 15 is 0 Å². The van der Waals surface area contributed by atoms with Crippen molar-refractivity contribution in [2.24, 2.45) is 11.8 Å². The Balaban J connectivity index is 1.63. The predicted octanol–water partition coefficient (Wildman–Crippen LogP) is 2.33. The lowest BCUT2D eigenvalue weighted by molar-refractivity contribution is 0.281. The molecule has 0 spiro atoms. The van der Waals surface area contributed by atoms with Gasteiger partial charge in [0.15, 0.2) is 0 Å². The molecule has 1 aliphatic rings. The molecule has 1 aliphatic heterocycles. The van der Waals surface area contributed by atoms with Crippen molar-refractivity contribution in [3.63, 3.8) is 0 Å². The van der Waals surface area contributed by atoms with E-state index < -0.39 is 11.3 Å². The van der Waals surface area contributed by atoms with E-state index in [1.165, 1.54) is 5.69 Å². The molecule has 2 unspecified atom stereocenters. The first-order valence-electron chi connectivity index (χ1n) is 8.85. The number of piperidine rings is 1. The summed E-state index contributed by atoms with van der Waals surface area (Å²) < 4.78 is 24.7. The Morgan fingerprint density at radius 1 is 1.38 bits per heavy atom. The van der Waals surface area contributed by atoms with Crippen molar-refractivity contribution in [3.8, 4) is 5.75 Å². The lowest BCUT2D eigenvalue weighted by atomic mass is 9.85. The van der Waals surface area contributed by atoms with Crippen LogP contribution < -0.4 is 19.9 Å². The Morgan fingerprint density at radius 3 is 2.85 bits per heavy atom. The Hall–Kier alpha value is -1.74. The number of benzene rings is 1. The third-order valence-corrected chi connectivity index (χ3v) is 5.51. The molecule has 1 saturated heterocycles. The third kappa shape index (κ3) is 4.50. The number of nitrogens with one attached hydrogen (secondary N) is 2. The molecule has 3 rings (SSSR count). The zero-order chi connectivity index (χ0) is 18.5. The van der Waals surface area contributed by atoms with Crippen molar-refractivity contribution in [2.75, 3.05) is 31.6 Å². The Labute approximate surface area is 156 Å². The second kappa shape index (κ2) is 8.77. The summed E-state index contributed by atoms with van der Waals surface area (Å²) in [5.74, 6) is 1.85. The van der Waals surface area contributed by atoms with Crippen LogP contribution in [0.2, 0.25) is 0 Å². The van der Waals surface area contributed by atoms with Crippen molar-refractivity contribution >= 4 is 27.9 Å². The van der Waals surface area contributed by atoms with Gasteiger partial charge in [-0.05, 0) is 42.9 Å². The van der Waals surface area contributed by atoms with Crippen LogP contribution in [0, 0.1) is 11.8 Å². The monoisotopic (exact) mass is 378 g/mol. The van der Waals surface area contributed by atoms with Gasteiger partial charge in [-0.15, -0.1) is 0 Å². The number of hydrazine groups is 1. The molecule has 2 atom stereocenters. The Bertz CT molecular complexity index is 765. The molecule has 2 heterocycles. The number of nitrogens with zero attached hydrogens (tertiary/aromatic N) is 2. The van der Waals surface area contributed by atoms with Gasteiger partial charge in [0.05, 0.1) is 12.6 Å². The molecule has 8 heteroatoms. The molecule has 2 aromatic rings. The largest absolute Gasteiger partial charge is 0.497 e. The third-order valence-electron chi connectivity index (χ3n) is 5.20. The highest BCUT2D eigenvalue weighted by atomic mass is 32.2. The molecule has 142 valence electrons.